The van der Waals surface area contributed by atoms with E-state index in [-0.39, 0.29) is 0 Å². The lowest BCUT2D eigenvalue weighted by atomic mass is 10.1. The lowest BCUT2D eigenvalue weighted by Gasteiger charge is -2.14. The van der Waals surface area contributed by atoms with Gasteiger partial charge < -0.3 is 10.1 Å². The number of benzene rings is 1. The zero-order valence-corrected chi connectivity index (χ0v) is 12.5. The highest BCUT2D eigenvalue weighted by atomic mass is 35.5. The lowest BCUT2D eigenvalue weighted by Crippen LogP contribution is -2.27. The van der Waals surface area contributed by atoms with Crippen LogP contribution in [0.25, 0.3) is 0 Å². The van der Waals surface area contributed by atoms with Crippen LogP contribution in [0.2, 0.25) is 5.02 Å². The maximum absolute atomic E-state index is 5.88. The monoisotopic (exact) mass is 290 g/mol. The second kappa shape index (κ2) is 7.27. The first-order chi connectivity index (χ1) is 9.67. The van der Waals surface area contributed by atoms with Gasteiger partial charge >= 0.3 is 0 Å². The Kier molecular flexibility index (Phi) is 5.39. The van der Waals surface area contributed by atoms with Gasteiger partial charge in [0, 0.05) is 29.9 Å². The van der Waals surface area contributed by atoms with Crippen molar-refractivity contribution >= 4 is 11.6 Å². The predicted molar refractivity (Wildman–Crippen MR) is 82.2 cm³/mol. The minimum atomic E-state index is 0.385. The van der Waals surface area contributed by atoms with Crippen molar-refractivity contribution in [3.8, 4) is 5.88 Å². The van der Waals surface area contributed by atoms with Crippen LogP contribution in [0, 0.1) is 0 Å². The standard InChI is InChI=1S/C16H19ClN2O/c1-12(9-13-3-5-15(17)6-4-13)19-11-14-7-8-18-16(10-14)20-2/h3-8,10,12,19H,9,11H2,1-2H3. The molecule has 0 fully saturated rings. The van der Waals surface area contributed by atoms with Crippen LogP contribution in [0.5, 0.6) is 5.88 Å². The minimum absolute atomic E-state index is 0.385. The van der Waals surface area contributed by atoms with E-state index in [9.17, 15) is 0 Å². The molecule has 0 saturated heterocycles. The van der Waals surface area contributed by atoms with Gasteiger partial charge in [0.15, 0.2) is 0 Å². The fourth-order valence-corrected chi connectivity index (χ4v) is 2.14. The van der Waals surface area contributed by atoms with Crippen LogP contribution in [0.4, 0.5) is 0 Å². The number of halogens is 1. The van der Waals surface area contributed by atoms with Crippen molar-refractivity contribution in [3.05, 3.63) is 58.7 Å². The average Bonchev–Trinajstić information content (AvgIpc) is 2.48. The number of rotatable bonds is 6. The molecule has 0 radical (unpaired) electrons. The quantitative estimate of drug-likeness (QED) is 0.884. The Morgan fingerprint density at radius 1 is 1.20 bits per heavy atom. The Hall–Kier alpha value is -1.58. The zero-order chi connectivity index (χ0) is 14.4. The molecule has 1 N–H and O–H groups in total. The van der Waals surface area contributed by atoms with E-state index in [0.29, 0.717) is 11.9 Å². The summed E-state index contributed by atoms with van der Waals surface area (Å²) in [5, 5.41) is 4.27. The third kappa shape index (κ3) is 4.51. The summed E-state index contributed by atoms with van der Waals surface area (Å²) in [7, 11) is 1.63. The first-order valence-electron chi connectivity index (χ1n) is 6.64. The Labute approximate surface area is 124 Å². The molecule has 1 aromatic heterocycles. The van der Waals surface area contributed by atoms with Crippen molar-refractivity contribution < 1.29 is 4.74 Å². The van der Waals surface area contributed by atoms with Crippen LogP contribution in [0.15, 0.2) is 42.6 Å². The number of hydrogen-bond acceptors (Lipinski definition) is 3. The molecule has 20 heavy (non-hydrogen) atoms. The van der Waals surface area contributed by atoms with Crippen molar-refractivity contribution in [3.63, 3.8) is 0 Å². The molecule has 0 bridgehead atoms. The minimum Gasteiger partial charge on any atom is -0.481 e. The highest BCUT2D eigenvalue weighted by Gasteiger charge is 2.04. The molecule has 0 aliphatic carbocycles. The molecule has 1 unspecified atom stereocenters. The lowest BCUT2D eigenvalue weighted by molar-refractivity contribution is 0.397. The SMILES string of the molecule is COc1cc(CNC(C)Cc2ccc(Cl)cc2)ccn1. The normalized spacial score (nSPS) is 12.2. The number of nitrogens with one attached hydrogen (secondary N) is 1. The molecule has 2 aromatic rings. The van der Waals surface area contributed by atoms with Gasteiger partial charge in [0.2, 0.25) is 5.88 Å². The molecule has 0 amide bonds. The van der Waals surface area contributed by atoms with E-state index < -0.39 is 0 Å². The molecule has 1 atom stereocenters. The van der Waals surface area contributed by atoms with Crippen molar-refractivity contribution in [2.24, 2.45) is 0 Å². The molecular weight excluding hydrogens is 272 g/mol. The van der Waals surface area contributed by atoms with Crippen molar-refractivity contribution in [1.29, 1.82) is 0 Å². The molecule has 0 spiro atoms. The van der Waals surface area contributed by atoms with Gasteiger partial charge in [0.25, 0.3) is 0 Å². The molecule has 4 heteroatoms. The maximum Gasteiger partial charge on any atom is 0.213 e. The predicted octanol–water partition coefficient (Wildman–Crippen LogP) is 3.46. The Morgan fingerprint density at radius 2 is 1.95 bits per heavy atom. The number of pyridine rings is 1. The van der Waals surface area contributed by atoms with Crippen molar-refractivity contribution in [2.45, 2.75) is 25.9 Å². The Morgan fingerprint density at radius 3 is 2.65 bits per heavy atom. The number of ether oxygens (including phenoxy) is 1. The van der Waals surface area contributed by atoms with Crippen LogP contribution in [0.1, 0.15) is 18.1 Å². The molecule has 1 heterocycles. The van der Waals surface area contributed by atoms with E-state index in [1.807, 2.05) is 24.3 Å². The van der Waals surface area contributed by atoms with Gasteiger partial charge in [-0.15, -0.1) is 0 Å². The Balaban J connectivity index is 1.85. The molecular formula is C16H19ClN2O. The topological polar surface area (TPSA) is 34.1 Å². The first kappa shape index (κ1) is 14.8. The molecule has 3 nitrogen and oxygen atoms in total. The highest BCUT2D eigenvalue weighted by molar-refractivity contribution is 6.30. The summed E-state index contributed by atoms with van der Waals surface area (Å²) in [5.41, 5.74) is 2.45. The van der Waals surface area contributed by atoms with Crippen LogP contribution < -0.4 is 10.1 Å². The van der Waals surface area contributed by atoms with Gasteiger partial charge in [0.05, 0.1) is 7.11 Å². The number of nitrogens with zero attached hydrogens (tertiary/aromatic N) is 1. The third-order valence-electron chi connectivity index (χ3n) is 3.12. The van der Waals surface area contributed by atoms with Gasteiger partial charge in [-0.3, -0.25) is 0 Å². The highest BCUT2D eigenvalue weighted by Crippen LogP contribution is 2.12. The summed E-state index contributed by atoms with van der Waals surface area (Å²) >= 11 is 5.88. The summed E-state index contributed by atoms with van der Waals surface area (Å²) in [6.07, 6.45) is 2.74. The van der Waals surface area contributed by atoms with E-state index in [1.54, 1.807) is 13.3 Å². The fraction of sp³-hybridized carbons (Fsp3) is 0.312. The average molecular weight is 291 g/mol. The van der Waals surface area contributed by atoms with E-state index >= 15 is 0 Å². The first-order valence-corrected chi connectivity index (χ1v) is 7.02. The number of aromatic nitrogens is 1. The molecule has 0 saturated carbocycles. The van der Waals surface area contributed by atoms with Gasteiger partial charge in [-0.05, 0) is 42.7 Å². The van der Waals surface area contributed by atoms with E-state index in [2.05, 4.69) is 29.4 Å². The van der Waals surface area contributed by atoms with Gasteiger partial charge in [-0.2, -0.15) is 0 Å². The number of methoxy groups -OCH3 is 1. The van der Waals surface area contributed by atoms with Crippen molar-refractivity contribution in [2.75, 3.05) is 7.11 Å². The maximum atomic E-state index is 5.88. The zero-order valence-electron chi connectivity index (χ0n) is 11.8. The van der Waals surface area contributed by atoms with Crippen molar-refractivity contribution in [1.82, 2.24) is 10.3 Å². The third-order valence-corrected chi connectivity index (χ3v) is 3.37. The van der Waals surface area contributed by atoms with Gasteiger partial charge in [0.1, 0.15) is 0 Å². The summed E-state index contributed by atoms with van der Waals surface area (Å²) in [5.74, 6) is 0.648. The number of hydrogen-bond donors (Lipinski definition) is 1. The Bertz CT molecular complexity index is 542. The van der Waals surface area contributed by atoms with E-state index in [0.717, 1.165) is 18.0 Å². The molecule has 0 aliphatic heterocycles. The smallest absolute Gasteiger partial charge is 0.213 e. The summed E-state index contributed by atoms with van der Waals surface area (Å²) in [4.78, 5) is 4.10. The van der Waals surface area contributed by atoms with Gasteiger partial charge in [-0.25, -0.2) is 4.98 Å². The van der Waals surface area contributed by atoms with Crippen LogP contribution in [-0.2, 0) is 13.0 Å². The molecule has 1 aromatic carbocycles. The van der Waals surface area contributed by atoms with E-state index in [1.165, 1.54) is 11.1 Å². The molecule has 106 valence electrons. The van der Waals surface area contributed by atoms with Crippen LogP contribution in [0.3, 0.4) is 0 Å². The second-order valence-corrected chi connectivity index (χ2v) is 5.26. The summed E-state index contributed by atoms with van der Waals surface area (Å²) in [6.45, 7) is 2.97. The summed E-state index contributed by atoms with van der Waals surface area (Å²) < 4.78 is 5.12. The van der Waals surface area contributed by atoms with Crippen LogP contribution >= 0.6 is 11.6 Å². The summed E-state index contributed by atoms with van der Waals surface area (Å²) in [6, 6.07) is 12.3. The second-order valence-electron chi connectivity index (χ2n) is 4.82. The van der Waals surface area contributed by atoms with Crippen LogP contribution in [-0.4, -0.2) is 18.1 Å². The van der Waals surface area contributed by atoms with Gasteiger partial charge in [-0.1, -0.05) is 23.7 Å². The van der Waals surface area contributed by atoms with E-state index in [4.69, 9.17) is 16.3 Å². The molecule has 0 aliphatic rings. The molecule has 2 rings (SSSR count). The fourth-order valence-electron chi connectivity index (χ4n) is 2.01. The largest absolute Gasteiger partial charge is 0.481 e.